The van der Waals surface area contributed by atoms with Crippen molar-refractivity contribution in [3.05, 3.63) is 46.4 Å². The predicted molar refractivity (Wildman–Crippen MR) is 117 cm³/mol. The van der Waals surface area contributed by atoms with Crippen LogP contribution < -0.4 is 10.1 Å². The number of anilines is 1. The molecule has 0 spiro atoms. The third-order valence-electron chi connectivity index (χ3n) is 6.23. The summed E-state index contributed by atoms with van der Waals surface area (Å²) in [6.45, 7) is 7.79. The normalized spacial score (nSPS) is 18.9. The highest BCUT2D eigenvalue weighted by Gasteiger charge is 2.30. The van der Waals surface area contributed by atoms with Gasteiger partial charge in [-0.15, -0.1) is 0 Å². The van der Waals surface area contributed by atoms with Crippen LogP contribution in [0.3, 0.4) is 0 Å². The van der Waals surface area contributed by atoms with Crippen LogP contribution in [0, 0.1) is 6.92 Å². The molecule has 1 saturated heterocycles. The van der Waals surface area contributed by atoms with Gasteiger partial charge in [0.25, 0.3) is 0 Å². The number of nitrogens with one attached hydrogen (secondary N) is 1. The molecule has 1 N–H and O–H groups in total. The average molecular weight is 410 g/mol. The maximum atomic E-state index is 11.7. The Bertz CT molecular complexity index is 945. The summed E-state index contributed by atoms with van der Waals surface area (Å²) in [5.41, 5.74) is 4.71. The molecule has 0 bridgehead atoms. The minimum absolute atomic E-state index is 0.127. The lowest BCUT2D eigenvalue weighted by Gasteiger charge is -2.30. The van der Waals surface area contributed by atoms with Gasteiger partial charge in [-0.05, 0) is 31.4 Å². The molecule has 3 heterocycles. The zero-order chi connectivity index (χ0) is 21.3. The average Bonchev–Trinajstić information content (AvgIpc) is 3.24. The number of carbonyl (C=O) groups is 1. The minimum Gasteiger partial charge on any atom is -0.496 e. The number of benzene rings is 1. The molecule has 160 valence electrons. The first-order valence-corrected chi connectivity index (χ1v) is 10.7. The molecule has 0 saturated carbocycles. The van der Waals surface area contributed by atoms with E-state index in [1.165, 1.54) is 16.7 Å². The van der Waals surface area contributed by atoms with Crippen LogP contribution in [0.2, 0.25) is 0 Å². The van der Waals surface area contributed by atoms with Gasteiger partial charge in [-0.25, -0.2) is 9.97 Å². The van der Waals surface area contributed by atoms with Crippen LogP contribution in [0.1, 0.15) is 47.5 Å². The molecule has 2 aromatic rings. The van der Waals surface area contributed by atoms with E-state index in [0.717, 1.165) is 62.1 Å². The Hall–Kier alpha value is -2.67. The summed E-state index contributed by atoms with van der Waals surface area (Å²) in [4.78, 5) is 25.8. The van der Waals surface area contributed by atoms with Gasteiger partial charge in [0.1, 0.15) is 17.4 Å². The maximum Gasteiger partial charge on any atom is 0.219 e. The van der Waals surface area contributed by atoms with E-state index >= 15 is 0 Å². The third-order valence-corrected chi connectivity index (χ3v) is 6.23. The summed E-state index contributed by atoms with van der Waals surface area (Å²) in [6, 6.07) is 6.38. The van der Waals surface area contributed by atoms with Gasteiger partial charge >= 0.3 is 0 Å². The van der Waals surface area contributed by atoms with Crippen molar-refractivity contribution in [2.24, 2.45) is 0 Å². The highest BCUT2D eigenvalue weighted by molar-refractivity contribution is 5.73. The van der Waals surface area contributed by atoms with E-state index in [-0.39, 0.29) is 11.8 Å². The molecule has 1 aromatic heterocycles. The minimum atomic E-state index is 0.127. The Morgan fingerprint density at radius 2 is 2.13 bits per heavy atom. The van der Waals surface area contributed by atoms with Gasteiger partial charge in [-0.3, -0.25) is 9.69 Å². The van der Waals surface area contributed by atoms with Crippen LogP contribution in [-0.2, 0) is 24.3 Å². The van der Waals surface area contributed by atoms with Gasteiger partial charge in [0, 0.05) is 63.7 Å². The number of fused-ring (bicyclic) bond motifs is 1. The van der Waals surface area contributed by atoms with Crippen LogP contribution in [0.5, 0.6) is 5.75 Å². The van der Waals surface area contributed by atoms with Gasteiger partial charge in [0.05, 0.1) is 12.8 Å². The van der Waals surface area contributed by atoms with Gasteiger partial charge in [-0.2, -0.15) is 0 Å². The number of hydrogen-bond donors (Lipinski definition) is 1. The number of nitrogens with zero attached hydrogens (tertiary/aromatic N) is 4. The Morgan fingerprint density at radius 3 is 2.83 bits per heavy atom. The highest BCUT2D eigenvalue weighted by atomic mass is 16.5. The topological polar surface area (TPSA) is 70.6 Å². The molecule has 30 heavy (non-hydrogen) atoms. The van der Waals surface area contributed by atoms with Crippen molar-refractivity contribution >= 4 is 11.7 Å². The molecule has 1 atom stereocenters. The summed E-state index contributed by atoms with van der Waals surface area (Å²) >= 11 is 0. The molecule has 2 aliphatic heterocycles. The first-order chi connectivity index (χ1) is 14.5. The first kappa shape index (κ1) is 20.6. The van der Waals surface area contributed by atoms with Crippen molar-refractivity contribution in [1.29, 1.82) is 0 Å². The summed E-state index contributed by atoms with van der Waals surface area (Å²) in [7, 11) is 3.65. The van der Waals surface area contributed by atoms with Crippen molar-refractivity contribution < 1.29 is 9.53 Å². The molecule has 7 heteroatoms. The van der Waals surface area contributed by atoms with E-state index in [1.807, 2.05) is 11.9 Å². The van der Waals surface area contributed by atoms with Gasteiger partial charge < -0.3 is 15.0 Å². The van der Waals surface area contributed by atoms with Crippen LogP contribution in [0.25, 0.3) is 0 Å². The molecule has 1 aromatic carbocycles. The number of hydrogen-bond acceptors (Lipinski definition) is 6. The monoisotopic (exact) mass is 409 g/mol. The standard InChI is InChI=1S/C23H31N5O2/c1-15-5-6-17(21(11-15)30-4)12-27-9-8-19-20(14-27)25-22(26-23(19)24-3)18-7-10-28(13-18)16(2)29/h5-6,11,18H,7-10,12-14H2,1-4H3,(H,24,25,26)/t18-/m1/s1. The SMILES string of the molecule is CNc1nc([C@@H]2CCN(C(C)=O)C2)nc2c1CCN(Cc1ccc(C)cc1OC)C2. The fourth-order valence-corrected chi connectivity index (χ4v) is 4.51. The number of likely N-dealkylation sites (tertiary alicyclic amines) is 1. The van der Waals surface area contributed by atoms with E-state index in [1.54, 1.807) is 14.0 Å². The van der Waals surface area contributed by atoms with Gasteiger partial charge in [0.15, 0.2) is 0 Å². The van der Waals surface area contributed by atoms with Crippen LogP contribution in [-0.4, -0.2) is 59.5 Å². The molecule has 4 rings (SSSR count). The molecule has 2 aliphatic rings. The quantitative estimate of drug-likeness (QED) is 0.819. The summed E-state index contributed by atoms with van der Waals surface area (Å²) in [6.07, 6.45) is 1.84. The van der Waals surface area contributed by atoms with E-state index in [0.29, 0.717) is 6.54 Å². The number of aromatic nitrogens is 2. The second-order valence-electron chi connectivity index (χ2n) is 8.33. The maximum absolute atomic E-state index is 11.7. The lowest BCUT2D eigenvalue weighted by Crippen LogP contribution is -2.32. The molecule has 0 unspecified atom stereocenters. The number of ether oxygens (including phenoxy) is 1. The molecular formula is C23H31N5O2. The van der Waals surface area contributed by atoms with E-state index in [2.05, 4.69) is 35.3 Å². The summed E-state index contributed by atoms with van der Waals surface area (Å²) in [5.74, 6) is 3.07. The van der Waals surface area contributed by atoms with Crippen LogP contribution in [0.4, 0.5) is 5.82 Å². The van der Waals surface area contributed by atoms with Gasteiger partial charge in [0.2, 0.25) is 5.91 Å². The van der Waals surface area contributed by atoms with Crippen molar-refractivity contribution in [2.45, 2.75) is 45.7 Å². The van der Waals surface area contributed by atoms with E-state index < -0.39 is 0 Å². The molecule has 0 aliphatic carbocycles. The second kappa shape index (κ2) is 8.60. The molecule has 7 nitrogen and oxygen atoms in total. The Labute approximate surface area is 178 Å². The molecule has 1 fully saturated rings. The van der Waals surface area contributed by atoms with Crippen molar-refractivity contribution in [3.8, 4) is 5.75 Å². The zero-order valence-corrected chi connectivity index (χ0v) is 18.4. The predicted octanol–water partition coefficient (Wildman–Crippen LogP) is 2.73. The zero-order valence-electron chi connectivity index (χ0n) is 18.4. The number of amides is 1. The summed E-state index contributed by atoms with van der Waals surface area (Å²) in [5, 5.41) is 3.27. The van der Waals surface area contributed by atoms with E-state index in [4.69, 9.17) is 14.7 Å². The summed E-state index contributed by atoms with van der Waals surface area (Å²) < 4.78 is 5.60. The van der Waals surface area contributed by atoms with Crippen molar-refractivity contribution in [1.82, 2.24) is 19.8 Å². The van der Waals surface area contributed by atoms with Crippen molar-refractivity contribution in [2.75, 3.05) is 39.1 Å². The first-order valence-electron chi connectivity index (χ1n) is 10.7. The fourth-order valence-electron chi connectivity index (χ4n) is 4.51. The largest absolute Gasteiger partial charge is 0.496 e. The lowest BCUT2D eigenvalue weighted by atomic mass is 10.0. The highest BCUT2D eigenvalue weighted by Crippen LogP contribution is 2.31. The number of rotatable bonds is 5. The van der Waals surface area contributed by atoms with Crippen LogP contribution >= 0.6 is 0 Å². The third kappa shape index (κ3) is 4.12. The smallest absolute Gasteiger partial charge is 0.219 e. The van der Waals surface area contributed by atoms with Gasteiger partial charge in [-0.1, -0.05) is 12.1 Å². The Balaban J connectivity index is 1.56. The molecule has 1 amide bonds. The Kier molecular flexibility index (Phi) is 5.90. The number of aryl methyl sites for hydroxylation is 1. The van der Waals surface area contributed by atoms with E-state index in [9.17, 15) is 4.79 Å². The fraction of sp³-hybridized carbons (Fsp3) is 0.522. The number of carbonyl (C=O) groups excluding carboxylic acids is 1. The van der Waals surface area contributed by atoms with Crippen molar-refractivity contribution in [3.63, 3.8) is 0 Å². The number of methoxy groups -OCH3 is 1. The molecular weight excluding hydrogens is 378 g/mol. The Morgan fingerprint density at radius 1 is 1.30 bits per heavy atom. The molecule has 0 radical (unpaired) electrons. The van der Waals surface area contributed by atoms with Crippen LogP contribution in [0.15, 0.2) is 18.2 Å². The lowest BCUT2D eigenvalue weighted by molar-refractivity contribution is -0.127. The second-order valence-corrected chi connectivity index (χ2v) is 8.33.